The number of ether oxygens (including phenoxy) is 1. The van der Waals surface area contributed by atoms with Crippen LogP contribution in [0.3, 0.4) is 0 Å². The SMILES string of the molecule is CCc1cccc(C)c1NC(=O)COC(=O)c1cc(C)n(CC)c1C. The molecular weight excluding hydrogens is 316 g/mol. The number of hydrogen-bond donors (Lipinski definition) is 1. The van der Waals surface area contributed by atoms with E-state index in [1.165, 1.54) is 0 Å². The van der Waals surface area contributed by atoms with E-state index < -0.39 is 5.97 Å². The molecule has 5 heteroatoms. The number of carbonyl (C=O) groups is 2. The van der Waals surface area contributed by atoms with E-state index in [9.17, 15) is 9.59 Å². The number of aromatic nitrogens is 1. The van der Waals surface area contributed by atoms with E-state index in [0.717, 1.165) is 41.2 Å². The zero-order chi connectivity index (χ0) is 18.6. The quantitative estimate of drug-likeness (QED) is 0.813. The lowest BCUT2D eigenvalue weighted by atomic mass is 10.1. The van der Waals surface area contributed by atoms with Gasteiger partial charge in [0.15, 0.2) is 6.61 Å². The number of carbonyl (C=O) groups excluding carboxylic acids is 2. The summed E-state index contributed by atoms with van der Waals surface area (Å²) in [7, 11) is 0. The van der Waals surface area contributed by atoms with Gasteiger partial charge in [-0.2, -0.15) is 0 Å². The minimum Gasteiger partial charge on any atom is -0.452 e. The molecule has 0 aliphatic carbocycles. The topological polar surface area (TPSA) is 60.3 Å². The number of hydrogen-bond acceptors (Lipinski definition) is 3. The molecule has 0 saturated carbocycles. The molecule has 0 unspecified atom stereocenters. The molecule has 1 heterocycles. The van der Waals surface area contributed by atoms with Crippen molar-refractivity contribution in [2.75, 3.05) is 11.9 Å². The zero-order valence-corrected chi connectivity index (χ0v) is 15.6. The first-order valence-electron chi connectivity index (χ1n) is 8.61. The molecule has 2 rings (SSSR count). The molecule has 1 aromatic carbocycles. The smallest absolute Gasteiger partial charge is 0.340 e. The van der Waals surface area contributed by atoms with Gasteiger partial charge in [0.25, 0.3) is 5.91 Å². The highest BCUT2D eigenvalue weighted by molar-refractivity contribution is 5.97. The lowest BCUT2D eigenvalue weighted by Crippen LogP contribution is -2.22. The number of aryl methyl sites for hydroxylation is 3. The maximum Gasteiger partial charge on any atom is 0.340 e. The van der Waals surface area contributed by atoms with Crippen LogP contribution in [0.15, 0.2) is 24.3 Å². The Labute approximate surface area is 149 Å². The van der Waals surface area contributed by atoms with Crippen LogP contribution in [-0.2, 0) is 22.5 Å². The van der Waals surface area contributed by atoms with Crippen LogP contribution in [0.2, 0.25) is 0 Å². The van der Waals surface area contributed by atoms with Gasteiger partial charge in [-0.1, -0.05) is 25.1 Å². The third-order valence-corrected chi connectivity index (χ3v) is 4.45. The third-order valence-electron chi connectivity index (χ3n) is 4.45. The second kappa shape index (κ2) is 8.01. The van der Waals surface area contributed by atoms with Gasteiger partial charge in [-0.25, -0.2) is 4.79 Å². The normalized spacial score (nSPS) is 10.6. The summed E-state index contributed by atoms with van der Waals surface area (Å²) in [5.74, 6) is -0.801. The fourth-order valence-corrected chi connectivity index (χ4v) is 3.08. The second-order valence-corrected chi connectivity index (χ2v) is 6.12. The van der Waals surface area contributed by atoms with E-state index in [2.05, 4.69) is 5.32 Å². The maximum absolute atomic E-state index is 12.3. The predicted molar refractivity (Wildman–Crippen MR) is 99.0 cm³/mol. The summed E-state index contributed by atoms with van der Waals surface area (Å²) in [5.41, 5.74) is 5.23. The molecule has 0 spiro atoms. The van der Waals surface area contributed by atoms with E-state index in [0.29, 0.717) is 5.56 Å². The highest BCUT2D eigenvalue weighted by atomic mass is 16.5. The van der Waals surface area contributed by atoms with Crippen LogP contribution in [-0.4, -0.2) is 23.1 Å². The molecule has 1 aromatic heterocycles. The van der Waals surface area contributed by atoms with Crippen molar-refractivity contribution in [2.45, 2.75) is 47.6 Å². The first kappa shape index (κ1) is 18.8. The first-order chi connectivity index (χ1) is 11.9. The molecule has 1 N–H and O–H groups in total. The molecule has 0 aliphatic rings. The first-order valence-corrected chi connectivity index (χ1v) is 8.61. The molecule has 134 valence electrons. The number of para-hydroxylation sites is 1. The molecule has 5 nitrogen and oxygen atoms in total. The average Bonchev–Trinajstić information content (AvgIpc) is 2.88. The number of benzene rings is 1. The Bertz CT molecular complexity index is 790. The Morgan fingerprint density at radius 3 is 2.48 bits per heavy atom. The lowest BCUT2D eigenvalue weighted by Gasteiger charge is -2.13. The van der Waals surface area contributed by atoms with Crippen molar-refractivity contribution >= 4 is 17.6 Å². The van der Waals surface area contributed by atoms with Crippen LogP contribution >= 0.6 is 0 Å². The molecule has 0 aliphatic heterocycles. The van der Waals surface area contributed by atoms with Crippen LogP contribution < -0.4 is 5.32 Å². The summed E-state index contributed by atoms with van der Waals surface area (Å²) >= 11 is 0. The average molecular weight is 342 g/mol. The molecule has 1 amide bonds. The Hall–Kier alpha value is -2.56. The molecular formula is C20H26N2O3. The molecule has 0 fully saturated rings. The van der Waals surface area contributed by atoms with Crippen molar-refractivity contribution in [3.8, 4) is 0 Å². The predicted octanol–water partition coefficient (Wildman–Crippen LogP) is 3.79. The minimum absolute atomic E-state index is 0.299. The van der Waals surface area contributed by atoms with Crippen molar-refractivity contribution in [3.05, 3.63) is 52.3 Å². The summed E-state index contributed by atoms with van der Waals surface area (Å²) in [6.45, 7) is 10.3. The van der Waals surface area contributed by atoms with Crippen LogP contribution in [0.25, 0.3) is 0 Å². The monoisotopic (exact) mass is 342 g/mol. The van der Waals surface area contributed by atoms with E-state index in [-0.39, 0.29) is 12.5 Å². The van der Waals surface area contributed by atoms with Gasteiger partial charge in [0.05, 0.1) is 5.56 Å². The Morgan fingerprint density at radius 2 is 1.88 bits per heavy atom. The van der Waals surface area contributed by atoms with Crippen LogP contribution in [0, 0.1) is 20.8 Å². The molecule has 0 saturated heterocycles. The van der Waals surface area contributed by atoms with Gasteiger partial charge in [-0.15, -0.1) is 0 Å². The van der Waals surface area contributed by atoms with E-state index in [4.69, 9.17) is 4.74 Å². The number of nitrogens with one attached hydrogen (secondary N) is 1. The van der Waals surface area contributed by atoms with Crippen LogP contribution in [0.4, 0.5) is 5.69 Å². The number of rotatable bonds is 6. The standard InChI is InChI=1S/C20H26N2O3/c1-6-16-10-8-9-13(3)19(16)21-18(23)12-25-20(24)17-11-14(4)22(7-2)15(17)5/h8-11H,6-7,12H2,1-5H3,(H,21,23). The molecule has 0 radical (unpaired) electrons. The van der Waals surface area contributed by atoms with Gasteiger partial charge in [-0.05, 0) is 51.3 Å². The fourth-order valence-electron chi connectivity index (χ4n) is 3.08. The van der Waals surface area contributed by atoms with E-state index in [1.54, 1.807) is 6.07 Å². The van der Waals surface area contributed by atoms with Gasteiger partial charge in [0.1, 0.15) is 0 Å². The summed E-state index contributed by atoms with van der Waals surface area (Å²) in [4.78, 5) is 24.5. The Kier molecular flexibility index (Phi) is 6.02. The fraction of sp³-hybridized carbons (Fsp3) is 0.400. The van der Waals surface area contributed by atoms with Gasteiger partial charge in [0.2, 0.25) is 0 Å². The van der Waals surface area contributed by atoms with Crippen LogP contribution in [0.5, 0.6) is 0 Å². The van der Waals surface area contributed by atoms with Crippen molar-refractivity contribution in [1.82, 2.24) is 4.57 Å². The van der Waals surface area contributed by atoms with E-state index in [1.807, 2.05) is 57.4 Å². The second-order valence-electron chi connectivity index (χ2n) is 6.12. The minimum atomic E-state index is -0.469. The summed E-state index contributed by atoms with van der Waals surface area (Å²) in [6, 6.07) is 7.69. The molecule has 2 aromatic rings. The summed E-state index contributed by atoms with van der Waals surface area (Å²) < 4.78 is 7.24. The largest absolute Gasteiger partial charge is 0.452 e. The zero-order valence-electron chi connectivity index (χ0n) is 15.6. The van der Waals surface area contributed by atoms with Crippen molar-refractivity contribution < 1.29 is 14.3 Å². The summed E-state index contributed by atoms with van der Waals surface area (Å²) in [5, 5.41) is 2.86. The van der Waals surface area contributed by atoms with Crippen LogP contribution in [0.1, 0.15) is 46.7 Å². The van der Waals surface area contributed by atoms with Gasteiger partial charge in [0, 0.05) is 23.6 Å². The van der Waals surface area contributed by atoms with Crippen molar-refractivity contribution in [3.63, 3.8) is 0 Å². The van der Waals surface area contributed by atoms with Gasteiger partial charge >= 0.3 is 5.97 Å². The number of esters is 1. The Balaban J connectivity index is 2.02. The highest BCUT2D eigenvalue weighted by Crippen LogP contribution is 2.21. The highest BCUT2D eigenvalue weighted by Gasteiger charge is 2.18. The molecule has 25 heavy (non-hydrogen) atoms. The molecule has 0 atom stereocenters. The van der Waals surface area contributed by atoms with Gasteiger partial charge in [-0.3, -0.25) is 4.79 Å². The maximum atomic E-state index is 12.3. The van der Waals surface area contributed by atoms with E-state index >= 15 is 0 Å². The Morgan fingerprint density at radius 1 is 1.16 bits per heavy atom. The number of amides is 1. The van der Waals surface area contributed by atoms with Gasteiger partial charge < -0.3 is 14.6 Å². The number of anilines is 1. The van der Waals surface area contributed by atoms with Crippen molar-refractivity contribution in [2.24, 2.45) is 0 Å². The third kappa shape index (κ3) is 4.10. The molecule has 0 bridgehead atoms. The summed E-state index contributed by atoms with van der Waals surface area (Å²) in [6.07, 6.45) is 0.820. The van der Waals surface area contributed by atoms with Crippen molar-refractivity contribution in [1.29, 1.82) is 0 Å². The lowest BCUT2D eigenvalue weighted by molar-refractivity contribution is -0.119. The number of nitrogens with zero attached hydrogens (tertiary/aromatic N) is 1.